The maximum Gasteiger partial charge on any atom is 0.263 e. The molecule has 0 radical (unpaired) electrons. The lowest BCUT2D eigenvalue weighted by molar-refractivity contribution is 0.0738. The van der Waals surface area contributed by atoms with Crippen molar-refractivity contribution in [1.29, 1.82) is 0 Å². The number of thiophene rings is 1. The highest BCUT2D eigenvalue weighted by molar-refractivity contribution is 7.89. The van der Waals surface area contributed by atoms with Crippen molar-refractivity contribution in [1.82, 2.24) is 24.6 Å². The van der Waals surface area contributed by atoms with Crippen molar-refractivity contribution in [2.24, 2.45) is 11.3 Å². The number of aromatic nitrogens is 3. The SMILES string of the molecule is CCc1sc(C(=O)N2CCC(Cc3ncnc4[nH]ccc34)CC3(CC3)C2)cc1S(=O)(=O)NC. The number of hydrogen-bond acceptors (Lipinski definition) is 6. The molecule has 2 N–H and O–H groups in total. The lowest BCUT2D eigenvalue weighted by Gasteiger charge is -2.23. The first-order valence-electron chi connectivity index (χ1n) is 11.5. The zero-order chi connectivity index (χ0) is 23.2. The predicted octanol–water partition coefficient (Wildman–Crippen LogP) is 3.37. The quantitative estimate of drug-likeness (QED) is 0.554. The van der Waals surface area contributed by atoms with Gasteiger partial charge in [0.25, 0.3) is 5.91 Å². The van der Waals surface area contributed by atoms with Gasteiger partial charge in [-0.05, 0) is 69.0 Å². The van der Waals surface area contributed by atoms with Crippen molar-refractivity contribution < 1.29 is 13.2 Å². The molecule has 1 amide bonds. The van der Waals surface area contributed by atoms with Crippen LogP contribution in [0.4, 0.5) is 0 Å². The van der Waals surface area contributed by atoms with Crippen molar-refractivity contribution >= 4 is 38.3 Å². The van der Waals surface area contributed by atoms with Gasteiger partial charge in [-0.3, -0.25) is 4.79 Å². The topological polar surface area (TPSA) is 108 Å². The van der Waals surface area contributed by atoms with Crippen molar-refractivity contribution in [2.45, 2.75) is 50.3 Å². The van der Waals surface area contributed by atoms with Gasteiger partial charge < -0.3 is 9.88 Å². The fraction of sp³-hybridized carbons (Fsp3) is 0.522. The highest BCUT2D eigenvalue weighted by Gasteiger charge is 2.48. The summed E-state index contributed by atoms with van der Waals surface area (Å²) in [5.74, 6) is 0.405. The van der Waals surface area contributed by atoms with E-state index >= 15 is 0 Å². The number of sulfonamides is 1. The molecule has 33 heavy (non-hydrogen) atoms. The van der Waals surface area contributed by atoms with E-state index in [1.807, 2.05) is 24.1 Å². The fourth-order valence-corrected chi connectivity index (χ4v) is 7.54. The maximum atomic E-state index is 13.5. The molecule has 1 atom stereocenters. The van der Waals surface area contributed by atoms with Gasteiger partial charge in [0.1, 0.15) is 12.0 Å². The number of nitrogens with zero attached hydrogens (tertiary/aromatic N) is 3. The highest BCUT2D eigenvalue weighted by atomic mass is 32.2. The fourth-order valence-electron chi connectivity index (χ4n) is 5.11. The smallest absolute Gasteiger partial charge is 0.263 e. The molecule has 5 rings (SSSR count). The van der Waals surface area contributed by atoms with Crippen molar-refractivity contribution in [3.05, 3.63) is 40.1 Å². The average molecular weight is 488 g/mol. The normalized spacial score (nSPS) is 20.3. The second-order valence-corrected chi connectivity index (χ2v) is 12.3. The van der Waals surface area contributed by atoms with Gasteiger partial charge in [0, 0.05) is 29.5 Å². The Morgan fingerprint density at radius 1 is 1.36 bits per heavy atom. The molecule has 0 aromatic carbocycles. The van der Waals surface area contributed by atoms with Crippen LogP contribution in [0.15, 0.2) is 29.6 Å². The second-order valence-electron chi connectivity index (χ2n) is 9.31. The molecule has 2 fully saturated rings. The first-order chi connectivity index (χ1) is 15.8. The molecule has 1 spiro atoms. The second kappa shape index (κ2) is 8.48. The molecule has 3 aromatic heterocycles. The average Bonchev–Trinajstić information content (AvgIpc) is 3.22. The van der Waals surface area contributed by atoms with Gasteiger partial charge in [-0.2, -0.15) is 0 Å². The number of likely N-dealkylation sites (tertiary alicyclic amines) is 1. The van der Waals surface area contributed by atoms with Crippen molar-refractivity contribution in [3.8, 4) is 0 Å². The molecule has 1 saturated carbocycles. The Kier molecular flexibility index (Phi) is 5.78. The summed E-state index contributed by atoms with van der Waals surface area (Å²) in [5.41, 5.74) is 2.11. The molecule has 1 unspecified atom stereocenters. The van der Waals surface area contributed by atoms with E-state index in [9.17, 15) is 13.2 Å². The minimum atomic E-state index is -3.58. The molecule has 1 saturated heterocycles. The van der Waals surface area contributed by atoms with Crippen molar-refractivity contribution in [2.75, 3.05) is 20.1 Å². The van der Waals surface area contributed by atoms with Crippen LogP contribution in [-0.2, 0) is 22.9 Å². The Balaban J connectivity index is 1.36. The molecule has 176 valence electrons. The molecule has 8 nitrogen and oxygen atoms in total. The molecule has 1 aliphatic carbocycles. The van der Waals surface area contributed by atoms with Crippen LogP contribution in [0.1, 0.15) is 52.8 Å². The molecule has 10 heteroatoms. The molecule has 3 aromatic rings. The Hall–Kier alpha value is -2.30. The molecule has 1 aliphatic heterocycles. The highest BCUT2D eigenvalue weighted by Crippen LogP contribution is 2.53. The van der Waals surface area contributed by atoms with Crippen LogP contribution < -0.4 is 4.72 Å². The van der Waals surface area contributed by atoms with E-state index in [1.165, 1.54) is 18.4 Å². The van der Waals surface area contributed by atoms with Crippen LogP contribution >= 0.6 is 11.3 Å². The summed E-state index contributed by atoms with van der Waals surface area (Å²) in [6.07, 6.45) is 9.26. The summed E-state index contributed by atoms with van der Waals surface area (Å²) >= 11 is 1.31. The number of amides is 1. The Morgan fingerprint density at radius 2 is 2.18 bits per heavy atom. The van der Waals surface area contributed by atoms with E-state index in [2.05, 4.69) is 19.7 Å². The number of H-pyrrole nitrogens is 1. The van der Waals surface area contributed by atoms with E-state index in [0.717, 1.165) is 60.3 Å². The van der Waals surface area contributed by atoms with E-state index in [1.54, 1.807) is 12.4 Å². The number of aromatic amines is 1. The first-order valence-corrected chi connectivity index (χ1v) is 13.8. The number of fused-ring (bicyclic) bond motifs is 1. The molecule has 2 aliphatic rings. The standard InChI is InChI=1S/C23H29N5O3S2/c1-3-18-20(33(30,31)24-2)11-19(32-18)22(29)28-9-5-15(12-23(13-28)6-7-23)10-17-16-4-8-25-21(16)27-14-26-17/h4,8,11,14-15,24H,3,5-7,9-10,12-13H2,1-2H3,(H,25,26,27). The number of aryl methyl sites for hydroxylation is 1. The van der Waals surface area contributed by atoms with Crippen LogP contribution in [0.5, 0.6) is 0 Å². The number of nitrogens with one attached hydrogen (secondary N) is 2. The zero-order valence-corrected chi connectivity index (χ0v) is 20.6. The zero-order valence-electron chi connectivity index (χ0n) is 18.9. The molecule has 0 bridgehead atoms. The summed E-state index contributed by atoms with van der Waals surface area (Å²) in [5, 5.41) is 1.07. The summed E-state index contributed by atoms with van der Waals surface area (Å²) in [6.45, 7) is 3.35. The monoisotopic (exact) mass is 487 g/mol. The molecule has 4 heterocycles. The maximum absolute atomic E-state index is 13.5. The summed E-state index contributed by atoms with van der Waals surface area (Å²) in [6, 6.07) is 3.59. The summed E-state index contributed by atoms with van der Waals surface area (Å²) < 4.78 is 27.2. The van der Waals surface area contributed by atoms with Crippen LogP contribution in [0.3, 0.4) is 0 Å². The van der Waals surface area contributed by atoms with Gasteiger partial charge in [0.2, 0.25) is 10.0 Å². The largest absolute Gasteiger partial charge is 0.346 e. The van der Waals surface area contributed by atoms with E-state index in [0.29, 0.717) is 23.8 Å². The minimum Gasteiger partial charge on any atom is -0.346 e. The Bertz CT molecular complexity index is 1290. The van der Waals surface area contributed by atoms with Gasteiger partial charge in [-0.15, -0.1) is 11.3 Å². The van der Waals surface area contributed by atoms with Gasteiger partial charge in [-0.1, -0.05) is 6.92 Å². The third-order valence-corrected chi connectivity index (χ3v) is 9.96. The summed E-state index contributed by atoms with van der Waals surface area (Å²) in [4.78, 5) is 28.9. The number of carbonyl (C=O) groups excluding carboxylic acids is 1. The van der Waals surface area contributed by atoms with E-state index in [-0.39, 0.29) is 16.2 Å². The van der Waals surface area contributed by atoms with Crippen LogP contribution in [0.2, 0.25) is 0 Å². The van der Waals surface area contributed by atoms with Crippen LogP contribution in [0.25, 0.3) is 11.0 Å². The third-order valence-electron chi connectivity index (χ3n) is 7.08. The van der Waals surface area contributed by atoms with Gasteiger partial charge >= 0.3 is 0 Å². The van der Waals surface area contributed by atoms with E-state index in [4.69, 9.17) is 0 Å². The van der Waals surface area contributed by atoms with E-state index < -0.39 is 10.0 Å². The lowest BCUT2D eigenvalue weighted by Crippen LogP contribution is -2.34. The summed E-state index contributed by atoms with van der Waals surface area (Å²) in [7, 11) is -2.18. The first kappa shape index (κ1) is 22.5. The molecular formula is C23H29N5O3S2. The lowest BCUT2D eigenvalue weighted by atomic mass is 9.87. The van der Waals surface area contributed by atoms with Crippen LogP contribution in [0, 0.1) is 11.3 Å². The van der Waals surface area contributed by atoms with Crippen LogP contribution in [-0.4, -0.2) is 54.3 Å². The predicted molar refractivity (Wildman–Crippen MR) is 128 cm³/mol. The third kappa shape index (κ3) is 4.31. The number of hydrogen-bond donors (Lipinski definition) is 2. The van der Waals surface area contributed by atoms with Gasteiger partial charge in [-0.25, -0.2) is 23.1 Å². The van der Waals surface area contributed by atoms with Gasteiger partial charge in [0.15, 0.2) is 0 Å². The van der Waals surface area contributed by atoms with Gasteiger partial charge in [0.05, 0.1) is 15.5 Å². The Morgan fingerprint density at radius 3 is 2.91 bits per heavy atom. The Labute approximate surface area is 197 Å². The van der Waals surface area contributed by atoms with Crippen molar-refractivity contribution in [3.63, 3.8) is 0 Å². The minimum absolute atomic E-state index is 0.0470. The number of rotatable bonds is 6. The molecular weight excluding hydrogens is 458 g/mol. The number of carbonyl (C=O) groups is 1.